The summed E-state index contributed by atoms with van der Waals surface area (Å²) in [5.74, 6) is 1.62. The Bertz CT molecular complexity index is 315. The first-order chi connectivity index (χ1) is 10.9. The van der Waals surface area contributed by atoms with Crippen molar-refractivity contribution in [2.24, 2.45) is 0 Å². The molecule has 0 radical (unpaired) electrons. The van der Waals surface area contributed by atoms with E-state index in [1.165, 1.54) is 44.1 Å². The molecule has 0 bridgehead atoms. The van der Waals surface area contributed by atoms with Crippen LogP contribution in [0.4, 0.5) is 0 Å². The van der Waals surface area contributed by atoms with Gasteiger partial charge in [0.2, 0.25) is 0 Å². The minimum absolute atomic E-state index is 0. The fourth-order valence-electron chi connectivity index (χ4n) is 2.05. The van der Waals surface area contributed by atoms with Crippen LogP contribution < -0.4 is 37.7 Å². The van der Waals surface area contributed by atoms with Crippen LogP contribution in [0.3, 0.4) is 0 Å². The van der Waals surface area contributed by atoms with E-state index in [-0.39, 0.29) is 37.7 Å². The molecule has 126 valence electrons. The van der Waals surface area contributed by atoms with Crippen LogP contribution >= 0.6 is 0 Å². The average molecular weight is 319 g/mol. The minimum atomic E-state index is 0. The maximum atomic E-state index is 4.94. The van der Waals surface area contributed by atoms with E-state index in [1.807, 2.05) is 0 Å². The molecule has 2 saturated heterocycles. The molecule has 0 atom stereocenters. The Hall–Kier alpha value is 0.165. The summed E-state index contributed by atoms with van der Waals surface area (Å²) in [6.45, 7) is 4.00. The summed E-state index contributed by atoms with van der Waals surface area (Å²) in [6, 6.07) is 10.6. The molecule has 0 amide bonds. The second-order valence-electron chi connectivity index (χ2n) is 5.56. The molecule has 3 fully saturated rings. The van der Waals surface area contributed by atoms with Gasteiger partial charge in [-0.3, -0.25) is 0 Å². The van der Waals surface area contributed by atoms with Crippen LogP contribution in [0.15, 0.2) is 30.3 Å². The summed E-state index contributed by atoms with van der Waals surface area (Å²) in [5, 5.41) is 3.50. The predicted octanol–water partition coefficient (Wildman–Crippen LogP) is -1.38. The van der Waals surface area contributed by atoms with E-state index in [0.29, 0.717) is 0 Å². The topological polar surface area (TPSA) is 32.6 Å². The Morgan fingerprint density at radius 1 is 0.750 bits per heavy atom. The van der Waals surface area contributed by atoms with Crippen molar-refractivity contribution < 1.29 is 47.2 Å². The van der Waals surface area contributed by atoms with Gasteiger partial charge < -0.3 is 14.8 Å². The molecule has 3 aliphatic rings. The molecule has 1 saturated carbocycles. The van der Waals surface area contributed by atoms with Gasteiger partial charge in [0, 0.05) is 26.4 Å². The molecule has 0 spiro atoms. The second kappa shape index (κ2) is 19.5. The van der Waals surface area contributed by atoms with Gasteiger partial charge >= 0.3 is 37.7 Å². The van der Waals surface area contributed by atoms with Gasteiger partial charge in [0.05, 0.1) is 0 Å². The predicted molar refractivity (Wildman–Crippen MR) is 93.3 cm³/mol. The summed E-state index contributed by atoms with van der Waals surface area (Å²) >= 11 is 0. The molecule has 1 aliphatic carbocycles. The van der Waals surface area contributed by atoms with E-state index in [9.17, 15) is 0 Å². The van der Waals surface area contributed by atoms with Gasteiger partial charge in [-0.2, -0.15) is 37.7 Å². The van der Waals surface area contributed by atoms with Crippen molar-refractivity contribution in [1.82, 2.24) is 0 Å². The van der Waals surface area contributed by atoms with Crippen LogP contribution in [0.5, 0.6) is 0 Å². The van der Waals surface area contributed by atoms with Gasteiger partial charge in [0.1, 0.15) is 0 Å². The van der Waals surface area contributed by atoms with E-state index >= 15 is 0 Å². The van der Waals surface area contributed by atoms with E-state index < -0.39 is 0 Å². The van der Waals surface area contributed by atoms with Crippen molar-refractivity contribution in [2.45, 2.75) is 38.5 Å². The van der Waals surface area contributed by atoms with Crippen molar-refractivity contribution in [1.29, 1.82) is 0 Å². The first-order valence-corrected chi connectivity index (χ1v) is 8.42. The van der Waals surface area contributed by atoms with Crippen molar-refractivity contribution >= 4 is 0 Å². The molecular formula is C19H31Li2NO2. The molecule has 5 heteroatoms. The summed E-state index contributed by atoms with van der Waals surface area (Å²) in [4.78, 5) is 0. The van der Waals surface area contributed by atoms with Gasteiger partial charge in [-0.15, -0.1) is 12.1 Å². The van der Waals surface area contributed by atoms with E-state index in [1.54, 1.807) is 20.0 Å². The Kier molecular flexibility index (Phi) is 21.4. The standard InChI is InChI=1S/C9H9.2C4H8O.C2H6N.2Li/c1-2-4-8(5-3-1)9-6-7-9;2*1-2-4-5-3-1;1-3-2;;/h1-5H,6-7H2;2*1-4H2;1-2H3;;/q-1;;;-1;2*+1. The number of ether oxygens (including phenoxy) is 2. The van der Waals surface area contributed by atoms with Gasteiger partial charge in [-0.25, -0.2) is 0 Å². The second-order valence-corrected chi connectivity index (χ2v) is 5.56. The van der Waals surface area contributed by atoms with Crippen molar-refractivity contribution in [3.05, 3.63) is 47.1 Å². The third-order valence-electron chi connectivity index (χ3n) is 3.34. The van der Waals surface area contributed by atoms with Crippen molar-refractivity contribution in [2.75, 3.05) is 40.5 Å². The molecule has 4 rings (SSSR count). The number of benzene rings is 1. The molecule has 0 unspecified atom stereocenters. The van der Waals surface area contributed by atoms with Crippen LogP contribution in [-0.2, 0) is 9.47 Å². The summed E-state index contributed by atoms with van der Waals surface area (Å²) in [6.07, 6.45) is 7.76. The summed E-state index contributed by atoms with van der Waals surface area (Å²) < 4.78 is 9.89. The van der Waals surface area contributed by atoms with Gasteiger partial charge in [0.15, 0.2) is 0 Å². The van der Waals surface area contributed by atoms with Gasteiger partial charge in [-0.05, 0) is 25.7 Å². The van der Waals surface area contributed by atoms with E-state index in [2.05, 4.69) is 35.6 Å². The van der Waals surface area contributed by atoms with Crippen LogP contribution in [-0.4, -0.2) is 40.5 Å². The summed E-state index contributed by atoms with van der Waals surface area (Å²) in [7, 11) is 3.50. The minimum Gasteiger partial charge on any atom is -0.668 e. The van der Waals surface area contributed by atoms with Crippen LogP contribution in [0.1, 0.15) is 44.1 Å². The maximum absolute atomic E-state index is 4.94. The Morgan fingerprint density at radius 3 is 1.38 bits per heavy atom. The molecule has 3 nitrogen and oxygen atoms in total. The van der Waals surface area contributed by atoms with E-state index in [0.717, 1.165) is 26.4 Å². The third-order valence-corrected chi connectivity index (χ3v) is 3.34. The van der Waals surface area contributed by atoms with E-state index in [4.69, 9.17) is 9.47 Å². The number of nitrogens with zero attached hydrogens (tertiary/aromatic N) is 1. The third kappa shape index (κ3) is 15.7. The first kappa shape index (κ1) is 26.4. The van der Waals surface area contributed by atoms with Gasteiger partial charge in [-0.1, -0.05) is 18.9 Å². The first-order valence-electron chi connectivity index (χ1n) is 8.42. The van der Waals surface area contributed by atoms with Crippen LogP contribution in [0, 0.1) is 5.92 Å². The molecule has 0 N–H and O–H groups in total. The largest absolute Gasteiger partial charge is 1.00 e. The zero-order valence-electron chi connectivity index (χ0n) is 16.2. The Labute approximate surface area is 173 Å². The molecule has 1 aromatic carbocycles. The van der Waals surface area contributed by atoms with Gasteiger partial charge in [0.25, 0.3) is 0 Å². The number of hydrogen-bond acceptors (Lipinski definition) is 2. The smallest absolute Gasteiger partial charge is 0.668 e. The number of hydrogen-bond donors (Lipinski definition) is 0. The molecule has 2 aliphatic heterocycles. The van der Waals surface area contributed by atoms with Crippen molar-refractivity contribution in [3.63, 3.8) is 0 Å². The Morgan fingerprint density at radius 2 is 1.12 bits per heavy atom. The molecule has 0 aromatic heterocycles. The zero-order chi connectivity index (χ0) is 15.9. The quantitative estimate of drug-likeness (QED) is 0.472. The normalized spacial score (nSPS) is 16.7. The SMILES string of the molecule is C1CCOC1.C1CCOC1.C[N-]C.[Li+].[Li+].c1ccc([C-]2CC2)cc1. The average Bonchev–Trinajstić information content (AvgIpc) is 3.05. The molecule has 24 heavy (non-hydrogen) atoms. The van der Waals surface area contributed by atoms with Crippen LogP contribution in [0.25, 0.3) is 5.32 Å². The zero-order valence-corrected chi connectivity index (χ0v) is 16.2. The molecule has 2 heterocycles. The molecule has 1 aromatic rings. The maximum Gasteiger partial charge on any atom is 1.00 e. The monoisotopic (exact) mass is 319 g/mol. The fraction of sp³-hybridized carbons (Fsp3) is 0.632. The number of rotatable bonds is 1. The van der Waals surface area contributed by atoms with Crippen molar-refractivity contribution in [3.8, 4) is 0 Å². The Balaban J connectivity index is 0. The molecular weight excluding hydrogens is 288 g/mol. The van der Waals surface area contributed by atoms with Crippen LogP contribution in [0.2, 0.25) is 0 Å². The fourth-order valence-corrected chi connectivity index (χ4v) is 2.05. The summed E-state index contributed by atoms with van der Waals surface area (Å²) in [5.41, 5.74) is 1.44.